The van der Waals surface area contributed by atoms with Crippen LogP contribution >= 0.6 is 11.3 Å². The molecule has 0 saturated heterocycles. The van der Waals surface area contributed by atoms with E-state index in [9.17, 15) is 0 Å². The van der Waals surface area contributed by atoms with Gasteiger partial charge in [-0.1, -0.05) is 18.2 Å². The van der Waals surface area contributed by atoms with Crippen molar-refractivity contribution in [2.24, 2.45) is 0 Å². The standard InChI is InChI=1S/C11H6N4S/c1-2-4-8-7(3-1)9-10-14-13-6-15(10)5-12-11(9)16-8/h1-6H. The van der Waals surface area contributed by atoms with Gasteiger partial charge in [-0.25, -0.2) is 4.98 Å². The zero-order chi connectivity index (χ0) is 10.5. The molecule has 16 heavy (non-hydrogen) atoms. The van der Waals surface area contributed by atoms with E-state index in [1.54, 1.807) is 24.0 Å². The normalized spacial score (nSPS) is 11.8. The zero-order valence-electron chi connectivity index (χ0n) is 8.16. The molecule has 5 heteroatoms. The Morgan fingerprint density at radius 2 is 2.06 bits per heavy atom. The molecule has 0 atom stereocenters. The number of rotatable bonds is 0. The molecule has 0 fully saturated rings. The molecule has 0 aliphatic heterocycles. The van der Waals surface area contributed by atoms with E-state index in [1.807, 2.05) is 16.5 Å². The minimum Gasteiger partial charge on any atom is -0.271 e. The molecular formula is C11H6N4S. The molecule has 0 unspecified atom stereocenters. The minimum absolute atomic E-state index is 0.877. The summed E-state index contributed by atoms with van der Waals surface area (Å²) >= 11 is 1.69. The van der Waals surface area contributed by atoms with Crippen molar-refractivity contribution < 1.29 is 0 Å². The summed E-state index contributed by atoms with van der Waals surface area (Å²) in [5, 5.41) is 10.4. The lowest BCUT2D eigenvalue weighted by atomic mass is 10.2. The van der Waals surface area contributed by atoms with Gasteiger partial charge in [-0.15, -0.1) is 21.5 Å². The van der Waals surface area contributed by atoms with Gasteiger partial charge in [0.1, 0.15) is 17.5 Å². The van der Waals surface area contributed by atoms with Crippen LogP contribution in [0.15, 0.2) is 36.9 Å². The number of fused-ring (bicyclic) bond motifs is 5. The molecule has 0 amide bonds. The second-order valence-electron chi connectivity index (χ2n) is 3.58. The third-order valence-electron chi connectivity index (χ3n) is 2.67. The summed E-state index contributed by atoms with van der Waals surface area (Å²) in [6.45, 7) is 0. The average Bonchev–Trinajstić information content (AvgIpc) is 2.91. The predicted octanol–water partition coefficient (Wildman–Crippen LogP) is 2.49. The maximum absolute atomic E-state index is 4.42. The molecule has 4 nitrogen and oxygen atoms in total. The van der Waals surface area contributed by atoms with Crippen LogP contribution in [-0.4, -0.2) is 19.6 Å². The van der Waals surface area contributed by atoms with Crippen molar-refractivity contribution in [2.45, 2.75) is 0 Å². The van der Waals surface area contributed by atoms with Crippen LogP contribution in [0.25, 0.3) is 25.9 Å². The Kier molecular flexibility index (Phi) is 1.41. The van der Waals surface area contributed by atoms with E-state index in [1.165, 1.54) is 10.1 Å². The highest BCUT2D eigenvalue weighted by atomic mass is 32.1. The quantitative estimate of drug-likeness (QED) is 0.462. The van der Waals surface area contributed by atoms with Crippen LogP contribution in [0.3, 0.4) is 0 Å². The third-order valence-corrected chi connectivity index (χ3v) is 3.75. The molecule has 0 bridgehead atoms. The van der Waals surface area contributed by atoms with Crippen molar-refractivity contribution in [1.82, 2.24) is 19.6 Å². The van der Waals surface area contributed by atoms with E-state index in [0.29, 0.717) is 0 Å². The summed E-state index contributed by atoms with van der Waals surface area (Å²) < 4.78 is 3.09. The van der Waals surface area contributed by atoms with Crippen LogP contribution in [0.1, 0.15) is 0 Å². The highest BCUT2D eigenvalue weighted by Gasteiger charge is 2.10. The topological polar surface area (TPSA) is 43.1 Å². The minimum atomic E-state index is 0.877. The molecule has 0 N–H and O–H groups in total. The molecule has 0 radical (unpaired) electrons. The molecule has 0 aliphatic rings. The van der Waals surface area contributed by atoms with Crippen molar-refractivity contribution >= 4 is 37.3 Å². The van der Waals surface area contributed by atoms with Crippen LogP contribution in [0.2, 0.25) is 0 Å². The van der Waals surface area contributed by atoms with Crippen LogP contribution in [0.5, 0.6) is 0 Å². The molecule has 0 saturated carbocycles. The first-order valence-corrected chi connectivity index (χ1v) is 5.71. The molecule has 4 rings (SSSR count). The lowest BCUT2D eigenvalue weighted by Gasteiger charge is -1.93. The van der Waals surface area contributed by atoms with Gasteiger partial charge in [-0.05, 0) is 6.07 Å². The van der Waals surface area contributed by atoms with E-state index in [0.717, 1.165) is 15.9 Å². The Morgan fingerprint density at radius 3 is 3.06 bits per heavy atom. The number of benzene rings is 1. The zero-order valence-corrected chi connectivity index (χ0v) is 8.98. The molecule has 0 spiro atoms. The van der Waals surface area contributed by atoms with Crippen molar-refractivity contribution in [2.75, 3.05) is 0 Å². The van der Waals surface area contributed by atoms with Crippen LogP contribution in [0, 0.1) is 0 Å². The third kappa shape index (κ3) is 0.906. The highest BCUT2D eigenvalue weighted by Crippen LogP contribution is 2.33. The summed E-state index contributed by atoms with van der Waals surface area (Å²) in [5.41, 5.74) is 0.877. The van der Waals surface area contributed by atoms with E-state index >= 15 is 0 Å². The Balaban J connectivity index is 2.42. The number of thiophene rings is 1. The summed E-state index contributed by atoms with van der Waals surface area (Å²) in [7, 11) is 0. The van der Waals surface area contributed by atoms with Crippen molar-refractivity contribution in [3.63, 3.8) is 0 Å². The first kappa shape index (κ1) is 8.18. The summed E-state index contributed by atoms with van der Waals surface area (Å²) in [6, 6.07) is 8.28. The van der Waals surface area contributed by atoms with Gasteiger partial charge in [-0.2, -0.15) is 0 Å². The number of hydrogen-bond donors (Lipinski definition) is 0. The molecule has 0 aliphatic carbocycles. The summed E-state index contributed by atoms with van der Waals surface area (Å²) in [4.78, 5) is 5.44. The van der Waals surface area contributed by atoms with E-state index in [4.69, 9.17) is 0 Å². The van der Waals surface area contributed by atoms with Gasteiger partial charge in [0, 0.05) is 10.1 Å². The smallest absolute Gasteiger partial charge is 0.172 e. The maximum atomic E-state index is 4.42. The molecular weight excluding hydrogens is 220 g/mol. The lowest BCUT2D eigenvalue weighted by Crippen LogP contribution is -1.85. The van der Waals surface area contributed by atoms with Crippen molar-refractivity contribution in [3.8, 4) is 0 Å². The van der Waals surface area contributed by atoms with Crippen molar-refractivity contribution in [1.29, 1.82) is 0 Å². The summed E-state index contributed by atoms with van der Waals surface area (Å²) in [5.74, 6) is 0. The second kappa shape index (κ2) is 2.76. The van der Waals surface area contributed by atoms with Gasteiger partial charge in [-0.3, -0.25) is 4.40 Å². The molecule has 4 aromatic rings. The Hall–Kier alpha value is -2.01. The number of nitrogens with zero attached hydrogens (tertiary/aromatic N) is 4. The fourth-order valence-electron chi connectivity index (χ4n) is 1.96. The molecule has 76 valence electrons. The van der Waals surface area contributed by atoms with Crippen molar-refractivity contribution in [3.05, 3.63) is 36.9 Å². The fraction of sp³-hybridized carbons (Fsp3) is 0. The largest absolute Gasteiger partial charge is 0.271 e. The Labute approximate surface area is 94.2 Å². The van der Waals surface area contributed by atoms with Gasteiger partial charge < -0.3 is 0 Å². The van der Waals surface area contributed by atoms with Gasteiger partial charge in [0.15, 0.2) is 5.65 Å². The molecule has 3 heterocycles. The number of aromatic nitrogens is 4. The Morgan fingerprint density at radius 1 is 1.12 bits per heavy atom. The second-order valence-corrected chi connectivity index (χ2v) is 4.62. The summed E-state index contributed by atoms with van der Waals surface area (Å²) in [6.07, 6.45) is 3.43. The predicted molar refractivity (Wildman–Crippen MR) is 63.7 cm³/mol. The van der Waals surface area contributed by atoms with E-state index in [-0.39, 0.29) is 0 Å². The van der Waals surface area contributed by atoms with Gasteiger partial charge in [0.05, 0.1) is 5.39 Å². The Bertz CT molecular complexity index is 814. The maximum Gasteiger partial charge on any atom is 0.172 e. The van der Waals surface area contributed by atoms with Crippen LogP contribution in [0.4, 0.5) is 0 Å². The monoisotopic (exact) mass is 226 g/mol. The van der Waals surface area contributed by atoms with Gasteiger partial charge in [0.25, 0.3) is 0 Å². The van der Waals surface area contributed by atoms with Gasteiger partial charge in [0.2, 0.25) is 0 Å². The van der Waals surface area contributed by atoms with Crippen LogP contribution < -0.4 is 0 Å². The first-order chi connectivity index (χ1) is 7.93. The van der Waals surface area contributed by atoms with Gasteiger partial charge >= 0.3 is 0 Å². The number of hydrogen-bond acceptors (Lipinski definition) is 4. The molecule has 3 aromatic heterocycles. The average molecular weight is 226 g/mol. The van der Waals surface area contributed by atoms with Crippen LogP contribution in [-0.2, 0) is 0 Å². The highest BCUT2D eigenvalue weighted by molar-refractivity contribution is 7.25. The lowest BCUT2D eigenvalue weighted by molar-refractivity contribution is 1.08. The fourth-order valence-corrected chi connectivity index (χ4v) is 3.00. The molecule has 1 aromatic carbocycles. The van der Waals surface area contributed by atoms with E-state index < -0.39 is 0 Å². The first-order valence-electron chi connectivity index (χ1n) is 4.89. The van der Waals surface area contributed by atoms with E-state index in [2.05, 4.69) is 27.3 Å². The SMILES string of the molecule is c1ccc2c(c1)sc1ncn3cnnc3c12.